The number of hydrogen-bond donors (Lipinski definition) is 0. The van der Waals surface area contributed by atoms with Crippen molar-refractivity contribution in [1.29, 1.82) is 0 Å². The van der Waals surface area contributed by atoms with Crippen molar-refractivity contribution in [2.45, 2.75) is 52.6 Å². The fourth-order valence-corrected chi connectivity index (χ4v) is 4.45. The van der Waals surface area contributed by atoms with E-state index in [9.17, 15) is 0 Å². The normalized spacial score (nSPS) is 13.6. The largest absolute Gasteiger partial charge is 0.250 e. The van der Waals surface area contributed by atoms with Crippen LogP contribution in [0.4, 0.5) is 0 Å². The fourth-order valence-electron chi connectivity index (χ4n) is 4.45. The maximum atomic E-state index is 4.49. The van der Waals surface area contributed by atoms with Crippen molar-refractivity contribution in [2.24, 2.45) is 11.8 Å². The van der Waals surface area contributed by atoms with E-state index in [1.165, 1.54) is 11.1 Å². The van der Waals surface area contributed by atoms with Crippen molar-refractivity contribution in [2.75, 3.05) is 0 Å². The second-order valence-corrected chi connectivity index (χ2v) is 9.08. The lowest BCUT2D eigenvalue weighted by atomic mass is 9.86. The van der Waals surface area contributed by atoms with E-state index in [1.54, 1.807) is 0 Å². The van der Waals surface area contributed by atoms with Gasteiger partial charge < -0.3 is 0 Å². The molecule has 32 heavy (non-hydrogen) atoms. The van der Waals surface area contributed by atoms with Crippen molar-refractivity contribution in [3.63, 3.8) is 0 Å². The summed E-state index contributed by atoms with van der Waals surface area (Å²) in [5, 5.41) is 17.7. The molecule has 0 N–H and O–H groups in total. The highest BCUT2D eigenvalue weighted by molar-refractivity contribution is 5.28. The van der Waals surface area contributed by atoms with Crippen molar-refractivity contribution in [1.82, 2.24) is 30.0 Å². The van der Waals surface area contributed by atoms with E-state index in [2.05, 4.69) is 109 Å². The summed E-state index contributed by atoms with van der Waals surface area (Å²) in [5.41, 5.74) is 4.57. The smallest absolute Gasteiger partial charge is 0.0904 e. The van der Waals surface area contributed by atoms with Gasteiger partial charge in [-0.2, -0.15) is 0 Å². The van der Waals surface area contributed by atoms with Gasteiger partial charge in [0, 0.05) is 24.2 Å². The van der Waals surface area contributed by atoms with E-state index < -0.39 is 0 Å². The van der Waals surface area contributed by atoms with Gasteiger partial charge in [0.05, 0.1) is 24.5 Å². The molecule has 0 aliphatic carbocycles. The second-order valence-electron chi connectivity index (χ2n) is 9.08. The Hall–Kier alpha value is -3.28. The third kappa shape index (κ3) is 4.96. The summed E-state index contributed by atoms with van der Waals surface area (Å²) in [5.74, 6) is 1.35. The fraction of sp³-hybridized carbons (Fsp3) is 0.385. The predicted molar refractivity (Wildman–Crippen MR) is 126 cm³/mol. The van der Waals surface area contributed by atoms with E-state index in [-0.39, 0.29) is 11.8 Å². The predicted octanol–water partition coefficient (Wildman–Crippen LogP) is 5.15. The Morgan fingerprint density at radius 3 is 1.31 bits per heavy atom. The van der Waals surface area contributed by atoms with Gasteiger partial charge in [0.2, 0.25) is 0 Å². The lowest BCUT2D eigenvalue weighted by molar-refractivity contribution is 0.480. The summed E-state index contributed by atoms with van der Waals surface area (Å²) in [4.78, 5) is 0. The Morgan fingerprint density at radius 2 is 0.969 bits per heavy atom. The molecule has 2 unspecified atom stereocenters. The molecular formula is C26H32N6. The Kier molecular flexibility index (Phi) is 6.78. The Bertz CT molecular complexity index is 1010. The van der Waals surface area contributed by atoms with Crippen LogP contribution in [-0.4, -0.2) is 30.0 Å². The van der Waals surface area contributed by atoms with Gasteiger partial charge in [0.1, 0.15) is 0 Å². The molecule has 0 aliphatic rings. The first-order chi connectivity index (χ1) is 15.5. The van der Waals surface area contributed by atoms with Gasteiger partial charge in [-0.05, 0) is 23.0 Å². The Labute approximate surface area is 190 Å². The maximum absolute atomic E-state index is 4.49. The lowest BCUT2D eigenvalue weighted by Crippen LogP contribution is -2.10. The van der Waals surface area contributed by atoms with E-state index in [1.807, 2.05) is 21.5 Å². The molecule has 2 aromatic heterocycles. The summed E-state index contributed by atoms with van der Waals surface area (Å²) in [6, 6.07) is 21.1. The molecule has 0 spiro atoms. The molecular weight excluding hydrogens is 396 g/mol. The van der Waals surface area contributed by atoms with Gasteiger partial charge in [0.15, 0.2) is 0 Å². The standard InChI is InChI=1S/C26H32N6/c1-19(2)25(21-11-7-5-8-12-21)23-17-31(29-27-23)15-16-32-18-24(28-30-32)26(20(3)4)22-13-9-6-10-14-22/h5-14,17-20,25-26H,15-16H2,1-4H3. The number of aromatic nitrogens is 6. The first-order valence-corrected chi connectivity index (χ1v) is 11.4. The van der Waals surface area contributed by atoms with Crippen LogP contribution in [-0.2, 0) is 13.1 Å². The average Bonchev–Trinajstić information content (AvgIpc) is 3.43. The van der Waals surface area contributed by atoms with Crippen LogP contribution in [0.5, 0.6) is 0 Å². The molecule has 4 aromatic rings. The molecule has 0 bridgehead atoms. The molecule has 0 aliphatic heterocycles. The van der Waals surface area contributed by atoms with Crippen LogP contribution < -0.4 is 0 Å². The minimum atomic E-state index is 0.237. The van der Waals surface area contributed by atoms with Gasteiger partial charge >= 0.3 is 0 Å². The summed E-state index contributed by atoms with van der Waals surface area (Å²) in [7, 11) is 0. The lowest BCUT2D eigenvalue weighted by Gasteiger charge is -2.18. The highest BCUT2D eigenvalue weighted by Gasteiger charge is 2.22. The Morgan fingerprint density at radius 1 is 0.594 bits per heavy atom. The molecule has 166 valence electrons. The van der Waals surface area contributed by atoms with Crippen molar-refractivity contribution >= 4 is 0 Å². The number of hydrogen-bond acceptors (Lipinski definition) is 4. The van der Waals surface area contributed by atoms with Gasteiger partial charge in [-0.1, -0.05) is 98.8 Å². The first kappa shape index (κ1) is 21.9. The van der Waals surface area contributed by atoms with Crippen LogP contribution in [0, 0.1) is 11.8 Å². The summed E-state index contributed by atoms with van der Waals surface area (Å²) < 4.78 is 3.82. The van der Waals surface area contributed by atoms with Gasteiger partial charge in [0.25, 0.3) is 0 Å². The summed E-state index contributed by atoms with van der Waals surface area (Å²) in [6.45, 7) is 10.3. The van der Waals surface area contributed by atoms with Crippen LogP contribution >= 0.6 is 0 Å². The van der Waals surface area contributed by atoms with Gasteiger partial charge in [-0.15, -0.1) is 10.2 Å². The van der Waals surface area contributed by atoms with Gasteiger partial charge in [-0.25, -0.2) is 0 Å². The zero-order chi connectivity index (χ0) is 22.5. The van der Waals surface area contributed by atoms with E-state index in [0.717, 1.165) is 11.4 Å². The number of benzene rings is 2. The molecule has 6 heteroatoms. The summed E-state index contributed by atoms with van der Waals surface area (Å²) in [6.07, 6.45) is 4.13. The van der Waals surface area contributed by atoms with Crippen LogP contribution in [0.2, 0.25) is 0 Å². The molecule has 0 radical (unpaired) electrons. The second kappa shape index (κ2) is 9.90. The Balaban J connectivity index is 1.45. The average molecular weight is 429 g/mol. The van der Waals surface area contributed by atoms with Crippen LogP contribution in [0.25, 0.3) is 0 Å². The zero-order valence-electron chi connectivity index (χ0n) is 19.3. The molecule has 2 heterocycles. The van der Waals surface area contributed by atoms with Crippen LogP contribution in [0.3, 0.4) is 0 Å². The van der Waals surface area contributed by atoms with Crippen LogP contribution in [0.15, 0.2) is 73.1 Å². The number of nitrogens with zero attached hydrogens (tertiary/aromatic N) is 6. The maximum Gasteiger partial charge on any atom is 0.0904 e. The molecule has 0 amide bonds. The molecule has 2 aromatic carbocycles. The number of aryl methyl sites for hydroxylation is 2. The highest BCUT2D eigenvalue weighted by Crippen LogP contribution is 2.31. The van der Waals surface area contributed by atoms with Gasteiger partial charge in [-0.3, -0.25) is 9.36 Å². The quantitative estimate of drug-likeness (QED) is 0.370. The third-order valence-electron chi connectivity index (χ3n) is 5.96. The molecule has 0 saturated heterocycles. The number of rotatable bonds is 9. The van der Waals surface area contributed by atoms with Crippen LogP contribution in [0.1, 0.15) is 62.0 Å². The first-order valence-electron chi connectivity index (χ1n) is 11.4. The third-order valence-corrected chi connectivity index (χ3v) is 5.96. The minimum Gasteiger partial charge on any atom is -0.250 e. The van der Waals surface area contributed by atoms with E-state index in [0.29, 0.717) is 24.9 Å². The minimum absolute atomic E-state index is 0.237. The van der Waals surface area contributed by atoms with Crippen molar-refractivity contribution in [3.05, 3.63) is 95.6 Å². The zero-order valence-corrected chi connectivity index (χ0v) is 19.3. The molecule has 0 saturated carbocycles. The topological polar surface area (TPSA) is 61.4 Å². The molecule has 2 atom stereocenters. The van der Waals surface area contributed by atoms with Crippen molar-refractivity contribution < 1.29 is 0 Å². The highest BCUT2D eigenvalue weighted by atomic mass is 15.5. The monoisotopic (exact) mass is 428 g/mol. The van der Waals surface area contributed by atoms with E-state index >= 15 is 0 Å². The SMILES string of the molecule is CC(C)C(c1ccccc1)c1cn(CCn2cc(C(c3ccccc3)C(C)C)nn2)nn1. The molecule has 0 fully saturated rings. The van der Waals surface area contributed by atoms with E-state index in [4.69, 9.17) is 0 Å². The summed E-state index contributed by atoms with van der Waals surface area (Å²) >= 11 is 0. The molecule has 6 nitrogen and oxygen atoms in total. The molecule has 4 rings (SSSR count). The van der Waals surface area contributed by atoms with Crippen molar-refractivity contribution in [3.8, 4) is 0 Å².